The van der Waals surface area contributed by atoms with Gasteiger partial charge < -0.3 is 14.4 Å². The summed E-state index contributed by atoms with van der Waals surface area (Å²) in [7, 11) is 2.04. The van der Waals surface area contributed by atoms with Gasteiger partial charge in [-0.3, -0.25) is 9.59 Å². The second kappa shape index (κ2) is 7.55. The van der Waals surface area contributed by atoms with E-state index in [0.29, 0.717) is 18.8 Å². The molecule has 0 spiro atoms. The summed E-state index contributed by atoms with van der Waals surface area (Å²) in [5.74, 6) is 0.786. The SMILES string of the molecule is CCCN(C)C/C=C/C(=O)N1Cc2ncc(C(C)=O)n2C(C)C1. The average Bonchev–Trinajstić information content (AvgIpc) is 2.92. The number of likely N-dealkylation sites (N-methyl/N-ethyl adjacent to an activating group) is 1. The molecule has 1 amide bonds. The molecule has 0 saturated heterocycles. The van der Waals surface area contributed by atoms with E-state index >= 15 is 0 Å². The molecule has 1 aliphatic heterocycles. The Balaban J connectivity index is 2.01. The Morgan fingerprint density at radius 1 is 1.48 bits per heavy atom. The zero-order chi connectivity index (χ0) is 17.0. The van der Waals surface area contributed by atoms with Crippen LogP contribution < -0.4 is 0 Å². The number of aromatic nitrogens is 2. The van der Waals surface area contributed by atoms with Gasteiger partial charge in [0.1, 0.15) is 11.5 Å². The highest BCUT2D eigenvalue weighted by atomic mass is 16.2. The molecule has 6 nitrogen and oxygen atoms in total. The van der Waals surface area contributed by atoms with Crippen molar-refractivity contribution < 1.29 is 9.59 Å². The van der Waals surface area contributed by atoms with Gasteiger partial charge in [0, 0.05) is 26.1 Å². The maximum absolute atomic E-state index is 12.4. The van der Waals surface area contributed by atoms with Gasteiger partial charge in [0.2, 0.25) is 5.91 Å². The van der Waals surface area contributed by atoms with Crippen molar-refractivity contribution in [2.75, 3.05) is 26.7 Å². The molecule has 1 aromatic rings. The molecule has 0 N–H and O–H groups in total. The Morgan fingerprint density at radius 3 is 2.87 bits per heavy atom. The lowest BCUT2D eigenvalue weighted by Gasteiger charge is -2.32. The van der Waals surface area contributed by atoms with Gasteiger partial charge >= 0.3 is 0 Å². The van der Waals surface area contributed by atoms with Crippen molar-refractivity contribution in [3.63, 3.8) is 0 Å². The van der Waals surface area contributed by atoms with Gasteiger partial charge in [-0.15, -0.1) is 0 Å². The van der Waals surface area contributed by atoms with Gasteiger partial charge in [0.25, 0.3) is 0 Å². The predicted molar refractivity (Wildman–Crippen MR) is 89.3 cm³/mol. The van der Waals surface area contributed by atoms with E-state index in [1.165, 1.54) is 0 Å². The highest BCUT2D eigenvalue weighted by molar-refractivity contribution is 5.92. The third-order valence-corrected chi connectivity index (χ3v) is 4.09. The highest BCUT2D eigenvalue weighted by Crippen LogP contribution is 2.23. The number of ketones is 1. The molecular formula is C17H26N4O2. The van der Waals surface area contributed by atoms with E-state index in [-0.39, 0.29) is 17.7 Å². The monoisotopic (exact) mass is 318 g/mol. The van der Waals surface area contributed by atoms with Gasteiger partial charge in [0.05, 0.1) is 18.8 Å². The first-order chi connectivity index (χ1) is 10.9. The van der Waals surface area contributed by atoms with Crippen LogP contribution in [0.3, 0.4) is 0 Å². The Labute approximate surface area is 137 Å². The van der Waals surface area contributed by atoms with Crippen molar-refractivity contribution in [2.45, 2.75) is 39.8 Å². The van der Waals surface area contributed by atoms with Crippen molar-refractivity contribution >= 4 is 11.7 Å². The molecule has 2 rings (SSSR count). The molecule has 23 heavy (non-hydrogen) atoms. The van der Waals surface area contributed by atoms with Crippen molar-refractivity contribution in [3.05, 3.63) is 29.9 Å². The lowest BCUT2D eigenvalue weighted by Crippen LogP contribution is -2.40. The number of carbonyl (C=O) groups is 2. The van der Waals surface area contributed by atoms with E-state index < -0.39 is 0 Å². The zero-order valence-electron chi connectivity index (χ0n) is 14.5. The van der Waals surface area contributed by atoms with Crippen molar-refractivity contribution in [1.29, 1.82) is 0 Å². The van der Waals surface area contributed by atoms with Crippen LogP contribution in [0, 0.1) is 0 Å². The van der Waals surface area contributed by atoms with Crippen LogP contribution in [0.5, 0.6) is 0 Å². The van der Waals surface area contributed by atoms with Crippen LogP contribution in [0.25, 0.3) is 0 Å². The molecule has 0 aromatic carbocycles. The standard InChI is InChI=1S/C17H26N4O2/c1-5-8-19(4)9-6-7-17(23)20-11-13(2)21-15(14(3)22)10-18-16(21)12-20/h6-7,10,13H,5,8-9,11-12H2,1-4H3/b7-6+. The third-order valence-electron chi connectivity index (χ3n) is 4.09. The minimum atomic E-state index is 0.000346. The van der Waals surface area contributed by atoms with Crippen LogP contribution in [0.1, 0.15) is 49.5 Å². The normalized spacial score (nSPS) is 17.8. The predicted octanol–water partition coefficient (Wildman–Crippen LogP) is 1.89. The van der Waals surface area contributed by atoms with Crippen LogP contribution >= 0.6 is 0 Å². The highest BCUT2D eigenvalue weighted by Gasteiger charge is 2.28. The van der Waals surface area contributed by atoms with Crippen LogP contribution in [0.4, 0.5) is 0 Å². The van der Waals surface area contributed by atoms with Crippen LogP contribution in [0.2, 0.25) is 0 Å². The molecule has 126 valence electrons. The molecular weight excluding hydrogens is 292 g/mol. The maximum Gasteiger partial charge on any atom is 0.246 e. The van der Waals surface area contributed by atoms with Crippen LogP contribution in [0.15, 0.2) is 18.3 Å². The topological polar surface area (TPSA) is 58.4 Å². The Kier molecular flexibility index (Phi) is 5.71. The number of amides is 1. The minimum Gasteiger partial charge on any atom is -0.330 e. The van der Waals surface area contributed by atoms with E-state index in [1.54, 1.807) is 24.1 Å². The van der Waals surface area contributed by atoms with Gasteiger partial charge in [-0.1, -0.05) is 13.0 Å². The Morgan fingerprint density at radius 2 is 2.22 bits per heavy atom. The second-order valence-electron chi connectivity index (χ2n) is 6.22. The fourth-order valence-electron chi connectivity index (χ4n) is 2.98. The smallest absolute Gasteiger partial charge is 0.246 e. The maximum atomic E-state index is 12.4. The van der Waals surface area contributed by atoms with Crippen LogP contribution in [-0.4, -0.2) is 57.7 Å². The number of hydrogen-bond donors (Lipinski definition) is 0. The van der Waals surface area contributed by atoms with E-state index in [2.05, 4.69) is 16.8 Å². The number of rotatable bonds is 6. The summed E-state index contributed by atoms with van der Waals surface area (Å²) in [5, 5.41) is 0. The quantitative estimate of drug-likeness (QED) is 0.594. The van der Waals surface area contributed by atoms with E-state index in [4.69, 9.17) is 0 Å². The first kappa shape index (κ1) is 17.4. The molecule has 1 unspecified atom stereocenters. The zero-order valence-corrected chi connectivity index (χ0v) is 14.5. The number of nitrogens with zero attached hydrogens (tertiary/aromatic N) is 4. The molecule has 0 aliphatic carbocycles. The molecule has 6 heteroatoms. The summed E-state index contributed by atoms with van der Waals surface area (Å²) >= 11 is 0. The molecule has 1 atom stereocenters. The molecule has 0 fully saturated rings. The second-order valence-corrected chi connectivity index (χ2v) is 6.22. The fourth-order valence-corrected chi connectivity index (χ4v) is 2.98. The van der Waals surface area contributed by atoms with Gasteiger partial charge in [-0.05, 0) is 26.9 Å². The third kappa shape index (κ3) is 4.07. The molecule has 2 heterocycles. The van der Waals surface area contributed by atoms with Crippen molar-refractivity contribution in [1.82, 2.24) is 19.4 Å². The van der Waals surface area contributed by atoms with Gasteiger partial charge in [-0.2, -0.15) is 0 Å². The van der Waals surface area contributed by atoms with E-state index in [1.807, 2.05) is 24.6 Å². The summed E-state index contributed by atoms with van der Waals surface area (Å²) < 4.78 is 1.95. The lowest BCUT2D eigenvalue weighted by atomic mass is 10.2. The number of carbonyl (C=O) groups excluding carboxylic acids is 2. The van der Waals surface area contributed by atoms with Gasteiger partial charge in [0.15, 0.2) is 5.78 Å². The summed E-state index contributed by atoms with van der Waals surface area (Å²) in [4.78, 5) is 32.3. The van der Waals surface area contributed by atoms with Crippen LogP contribution in [-0.2, 0) is 11.3 Å². The summed E-state index contributed by atoms with van der Waals surface area (Å²) in [6, 6.07) is 0.0558. The molecule has 0 saturated carbocycles. The number of hydrogen-bond acceptors (Lipinski definition) is 4. The summed E-state index contributed by atoms with van der Waals surface area (Å²) in [6.07, 6.45) is 6.26. The largest absolute Gasteiger partial charge is 0.330 e. The average molecular weight is 318 g/mol. The Bertz CT molecular complexity index is 606. The molecule has 1 aromatic heterocycles. The van der Waals surface area contributed by atoms with Crippen molar-refractivity contribution in [3.8, 4) is 0 Å². The van der Waals surface area contributed by atoms with Crippen molar-refractivity contribution in [2.24, 2.45) is 0 Å². The Hall–Kier alpha value is -1.95. The number of Topliss-reactive ketones (excluding diaryl/α,β-unsaturated/α-hetero) is 1. The number of imidazole rings is 1. The molecule has 0 bridgehead atoms. The summed E-state index contributed by atoms with van der Waals surface area (Å²) in [6.45, 7) is 8.53. The fraction of sp³-hybridized carbons (Fsp3) is 0.588. The first-order valence-corrected chi connectivity index (χ1v) is 8.15. The van der Waals surface area contributed by atoms with E-state index in [0.717, 1.165) is 25.3 Å². The molecule has 0 radical (unpaired) electrons. The van der Waals surface area contributed by atoms with Gasteiger partial charge in [-0.25, -0.2) is 4.98 Å². The molecule has 1 aliphatic rings. The minimum absolute atomic E-state index is 0.000346. The summed E-state index contributed by atoms with van der Waals surface area (Å²) in [5.41, 5.74) is 0.622. The number of fused-ring (bicyclic) bond motifs is 1. The van der Waals surface area contributed by atoms with E-state index in [9.17, 15) is 9.59 Å². The lowest BCUT2D eigenvalue weighted by molar-refractivity contribution is -0.128. The first-order valence-electron chi connectivity index (χ1n) is 8.15.